The summed E-state index contributed by atoms with van der Waals surface area (Å²) in [5.74, 6) is 1.51. The number of nitrogens with zero attached hydrogens (tertiary/aromatic N) is 3. The third-order valence-electron chi connectivity index (χ3n) is 4.64. The lowest BCUT2D eigenvalue weighted by Crippen LogP contribution is -2.21. The molecule has 32 heavy (non-hydrogen) atoms. The lowest BCUT2D eigenvalue weighted by atomic mass is 10.1. The zero-order valence-corrected chi connectivity index (χ0v) is 20.8. The van der Waals surface area contributed by atoms with E-state index in [1.165, 1.54) is 17.6 Å². The van der Waals surface area contributed by atoms with Gasteiger partial charge in [-0.05, 0) is 58.3 Å². The molecule has 0 saturated heterocycles. The Morgan fingerprint density at radius 3 is 2.59 bits per heavy atom. The van der Waals surface area contributed by atoms with Crippen LogP contribution in [0.25, 0.3) is 11.3 Å². The van der Waals surface area contributed by atoms with Crippen LogP contribution in [-0.2, 0) is 16.3 Å². The number of rotatable bonds is 10. The van der Waals surface area contributed by atoms with Gasteiger partial charge in [0.15, 0.2) is 9.84 Å². The van der Waals surface area contributed by atoms with E-state index < -0.39 is 9.84 Å². The van der Waals surface area contributed by atoms with Gasteiger partial charge in [0.25, 0.3) is 0 Å². The fourth-order valence-electron chi connectivity index (χ4n) is 3.04. The zero-order valence-electron chi connectivity index (χ0n) is 19.1. The smallest absolute Gasteiger partial charge is 0.175 e. The first-order valence-corrected chi connectivity index (χ1v) is 13.2. The van der Waals surface area contributed by atoms with Crippen molar-refractivity contribution in [2.75, 3.05) is 38.8 Å². The molecule has 3 rings (SSSR count). The average Bonchev–Trinajstić information content (AvgIpc) is 3.17. The fourth-order valence-corrected chi connectivity index (χ4v) is 4.54. The van der Waals surface area contributed by atoms with Gasteiger partial charge in [0.05, 0.1) is 21.7 Å². The maximum atomic E-state index is 12.0. The largest absolute Gasteiger partial charge is 0.491 e. The number of nitrogens with one attached hydrogen (secondary N) is 1. The van der Waals surface area contributed by atoms with Crippen molar-refractivity contribution in [1.29, 1.82) is 0 Å². The van der Waals surface area contributed by atoms with Gasteiger partial charge in [-0.25, -0.2) is 18.4 Å². The van der Waals surface area contributed by atoms with Gasteiger partial charge in [-0.3, -0.25) is 0 Å². The molecular formula is C23H30N4O3S2. The van der Waals surface area contributed by atoms with E-state index in [-0.39, 0.29) is 11.0 Å². The molecule has 7 nitrogen and oxygen atoms in total. The number of aromatic nitrogens is 2. The van der Waals surface area contributed by atoms with Crippen molar-refractivity contribution in [1.82, 2.24) is 14.9 Å². The molecule has 0 bridgehead atoms. The summed E-state index contributed by atoms with van der Waals surface area (Å²) >= 11 is 1.54. The van der Waals surface area contributed by atoms with Crippen LogP contribution in [-0.4, -0.2) is 62.8 Å². The van der Waals surface area contributed by atoms with Gasteiger partial charge in [-0.1, -0.05) is 0 Å². The second-order valence-electron chi connectivity index (χ2n) is 8.17. The first-order valence-electron chi connectivity index (χ1n) is 10.4. The highest BCUT2D eigenvalue weighted by atomic mass is 32.2. The zero-order chi connectivity index (χ0) is 23.3. The molecule has 3 aromatic rings. The minimum Gasteiger partial charge on any atom is -0.491 e. The van der Waals surface area contributed by atoms with Crippen LogP contribution in [0, 0.1) is 0 Å². The Hall–Kier alpha value is -2.49. The van der Waals surface area contributed by atoms with Crippen molar-refractivity contribution in [3.63, 3.8) is 0 Å². The normalized spacial score (nSPS) is 11.8. The maximum Gasteiger partial charge on any atom is 0.175 e. The molecule has 2 aromatic heterocycles. The molecule has 0 aliphatic rings. The van der Waals surface area contributed by atoms with Crippen LogP contribution < -0.4 is 10.1 Å². The molecule has 1 aromatic carbocycles. The monoisotopic (exact) mass is 474 g/mol. The van der Waals surface area contributed by atoms with E-state index in [1.54, 1.807) is 18.2 Å². The summed E-state index contributed by atoms with van der Waals surface area (Å²) in [7, 11) is 0.764. The third kappa shape index (κ3) is 6.75. The number of likely N-dealkylation sites (N-methyl/N-ethyl adjacent to an activating group) is 1. The molecule has 0 fully saturated rings. The molecule has 0 atom stereocenters. The van der Waals surface area contributed by atoms with Crippen molar-refractivity contribution < 1.29 is 13.2 Å². The molecule has 0 spiro atoms. The van der Waals surface area contributed by atoms with Crippen LogP contribution in [0.3, 0.4) is 0 Å². The Morgan fingerprint density at radius 1 is 1.19 bits per heavy atom. The second-order valence-corrected chi connectivity index (χ2v) is 11.1. The minimum atomic E-state index is -3.31. The minimum absolute atomic E-state index is 0.0133. The van der Waals surface area contributed by atoms with Gasteiger partial charge in [-0.2, -0.15) is 0 Å². The van der Waals surface area contributed by atoms with Gasteiger partial charge in [0, 0.05) is 48.5 Å². The Bertz CT molecular complexity index is 1140. The standard InChI is InChI=1S/C23H30N4O3S2/c1-16(2)30-21-8-7-19(32(5,28)29)12-18(21)13-23-26-20(15-31-23)17-6-9-22(25-14-17)24-10-11-27(3)4/h6-9,12,14-16H,10-11,13H2,1-5H3,(H,24,25). The molecular weight excluding hydrogens is 444 g/mol. The number of hydrogen-bond acceptors (Lipinski definition) is 8. The number of pyridine rings is 1. The van der Waals surface area contributed by atoms with Gasteiger partial charge in [0.2, 0.25) is 0 Å². The predicted molar refractivity (Wildman–Crippen MR) is 131 cm³/mol. The molecule has 0 radical (unpaired) electrons. The van der Waals surface area contributed by atoms with Crippen LogP contribution >= 0.6 is 11.3 Å². The van der Waals surface area contributed by atoms with Crippen molar-refractivity contribution in [3.05, 3.63) is 52.5 Å². The summed E-state index contributed by atoms with van der Waals surface area (Å²) in [6.45, 7) is 5.65. The maximum absolute atomic E-state index is 12.0. The summed E-state index contributed by atoms with van der Waals surface area (Å²) in [5, 5.41) is 6.17. The number of hydrogen-bond donors (Lipinski definition) is 1. The molecule has 9 heteroatoms. The topological polar surface area (TPSA) is 84.4 Å². The summed E-state index contributed by atoms with van der Waals surface area (Å²) in [4.78, 5) is 11.6. The summed E-state index contributed by atoms with van der Waals surface area (Å²) in [6.07, 6.45) is 3.51. The van der Waals surface area contributed by atoms with Crippen LogP contribution in [0.2, 0.25) is 0 Å². The molecule has 2 heterocycles. The highest BCUT2D eigenvalue weighted by Gasteiger charge is 2.15. The van der Waals surface area contributed by atoms with Gasteiger partial charge in [-0.15, -0.1) is 11.3 Å². The summed E-state index contributed by atoms with van der Waals surface area (Å²) < 4.78 is 29.9. The highest BCUT2D eigenvalue weighted by Crippen LogP contribution is 2.29. The van der Waals surface area contributed by atoms with Crippen LogP contribution in [0.1, 0.15) is 24.4 Å². The molecule has 0 aliphatic heterocycles. The molecule has 1 N–H and O–H groups in total. The molecule has 0 saturated carbocycles. The van der Waals surface area contributed by atoms with Crippen molar-refractivity contribution >= 4 is 27.0 Å². The molecule has 172 valence electrons. The summed E-state index contributed by atoms with van der Waals surface area (Å²) in [5.41, 5.74) is 2.60. The van der Waals surface area contributed by atoms with Crippen molar-refractivity contribution in [3.8, 4) is 17.0 Å². The molecule has 0 aliphatic carbocycles. The quantitative estimate of drug-likeness (QED) is 0.476. The number of benzene rings is 1. The van der Waals surface area contributed by atoms with Crippen molar-refractivity contribution in [2.24, 2.45) is 0 Å². The Kier molecular flexibility index (Phi) is 7.86. The number of sulfone groups is 1. The van der Waals surface area contributed by atoms with Crippen LogP contribution in [0.4, 0.5) is 5.82 Å². The summed E-state index contributed by atoms with van der Waals surface area (Å²) in [6, 6.07) is 8.95. The SMILES string of the molecule is CC(C)Oc1ccc(S(C)(=O)=O)cc1Cc1nc(-c2ccc(NCCN(C)C)nc2)cs1. The lowest BCUT2D eigenvalue weighted by molar-refractivity contribution is 0.240. The highest BCUT2D eigenvalue weighted by molar-refractivity contribution is 7.90. The van der Waals surface area contributed by atoms with E-state index in [2.05, 4.69) is 15.2 Å². The van der Waals surface area contributed by atoms with E-state index in [4.69, 9.17) is 9.72 Å². The first kappa shape index (κ1) is 24.2. The third-order valence-corrected chi connectivity index (χ3v) is 6.60. The number of anilines is 1. The van der Waals surface area contributed by atoms with Crippen molar-refractivity contribution in [2.45, 2.75) is 31.3 Å². The lowest BCUT2D eigenvalue weighted by Gasteiger charge is -2.14. The van der Waals surface area contributed by atoms with Crippen LogP contribution in [0.5, 0.6) is 5.75 Å². The second kappa shape index (κ2) is 10.4. The van der Waals surface area contributed by atoms with E-state index in [0.29, 0.717) is 12.2 Å². The molecule has 0 unspecified atom stereocenters. The van der Waals surface area contributed by atoms with Crippen LogP contribution in [0.15, 0.2) is 46.8 Å². The fraction of sp³-hybridized carbons (Fsp3) is 0.391. The van der Waals surface area contributed by atoms with Gasteiger partial charge >= 0.3 is 0 Å². The van der Waals surface area contributed by atoms with Gasteiger partial charge in [0.1, 0.15) is 11.6 Å². The van der Waals surface area contributed by atoms with Gasteiger partial charge < -0.3 is 15.0 Å². The van der Waals surface area contributed by atoms with E-state index in [0.717, 1.165) is 40.7 Å². The Balaban J connectivity index is 1.77. The van der Waals surface area contributed by atoms with E-state index >= 15 is 0 Å². The average molecular weight is 475 g/mol. The number of thiazole rings is 1. The van der Waals surface area contributed by atoms with E-state index in [1.807, 2.05) is 51.7 Å². The Labute approximate surface area is 194 Å². The molecule has 0 amide bonds. The van der Waals surface area contributed by atoms with E-state index in [9.17, 15) is 8.42 Å². The first-order chi connectivity index (χ1) is 15.1. The Morgan fingerprint density at radius 2 is 1.97 bits per heavy atom. The number of ether oxygens (including phenoxy) is 1. The predicted octanol–water partition coefficient (Wildman–Crippen LogP) is 3.96.